The number of benzene rings is 1. The van der Waals surface area contributed by atoms with E-state index in [9.17, 15) is 4.79 Å². The second-order valence-corrected chi connectivity index (χ2v) is 3.76. The van der Waals surface area contributed by atoms with Crippen LogP contribution in [0.3, 0.4) is 0 Å². The van der Waals surface area contributed by atoms with Gasteiger partial charge in [-0.25, -0.2) is 4.79 Å². The number of aromatic nitrogens is 1. The number of rotatable bonds is 2. The third-order valence-electron chi connectivity index (χ3n) is 2.74. The van der Waals surface area contributed by atoms with Crippen molar-refractivity contribution in [2.24, 2.45) is 0 Å². The van der Waals surface area contributed by atoms with Crippen LogP contribution in [0.15, 0.2) is 28.8 Å². The van der Waals surface area contributed by atoms with Crippen molar-refractivity contribution in [2.45, 2.75) is 6.42 Å². The van der Waals surface area contributed by atoms with Crippen LogP contribution in [-0.4, -0.2) is 22.8 Å². The first-order chi connectivity index (χ1) is 8.25. The topological polar surface area (TPSA) is 72.6 Å². The van der Waals surface area contributed by atoms with Crippen molar-refractivity contribution in [3.8, 4) is 17.1 Å². The van der Waals surface area contributed by atoms with E-state index in [2.05, 4.69) is 5.16 Å². The summed E-state index contributed by atoms with van der Waals surface area (Å²) >= 11 is 0. The van der Waals surface area contributed by atoms with Gasteiger partial charge in [-0.3, -0.25) is 0 Å². The summed E-state index contributed by atoms with van der Waals surface area (Å²) in [7, 11) is 0. The zero-order valence-corrected chi connectivity index (χ0v) is 8.84. The summed E-state index contributed by atoms with van der Waals surface area (Å²) in [4.78, 5) is 10.7. The lowest BCUT2D eigenvalue weighted by Gasteiger charge is -2.02. The molecule has 0 fully saturated rings. The number of carboxylic acids is 1. The minimum Gasteiger partial charge on any atom is -0.493 e. The second kappa shape index (κ2) is 3.62. The maximum absolute atomic E-state index is 10.7. The molecule has 1 aromatic carbocycles. The van der Waals surface area contributed by atoms with Gasteiger partial charge in [-0.15, -0.1) is 0 Å². The lowest BCUT2D eigenvalue weighted by Crippen LogP contribution is -1.94. The van der Waals surface area contributed by atoms with E-state index < -0.39 is 5.97 Å². The number of nitrogens with zero attached hydrogens (tertiary/aromatic N) is 1. The SMILES string of the molecule is O=C(O)c1cc(-c2cccc3c2CCO3)on1. The van der Waals surface area contributed by atoms with E-state index in [1.54, 1.807) is 0 Å². The minimum atomic E-state index is -1.09. The van der Waals surface area contributed by atoms with Gasteiger partial charge in [0.2, 0.25) is 0 Å². The molecule has 1 aromatic heterocycles. The minimum absolute atomic E-state index is 0.0866. The van der Waals surface area contributed by atoms with Crippen LogP contribution in [-0.2, 0) is 6.42 Å². The molecular weight excluding hydrogens is 222 g/mol. The first-order valence-electron chi connectivity index (χ1n) is 5.21. The Morgan fingerprint density at radius 2 is 2.29 bits per heavy atom. The number of ether oxygens (including phenoxy) is 1. The monoisotopic (exact) mass is 231 g/mol. The normalized spacial score (nSPS) is 13.2. The average molecular weight is 231 g/mol. The van der Waals surface area contributed by atoms with Crippen LogP contribution in [0.5, 0.6) is 5.75 Å². The fourth-order valence-corrected chi connectivity index (χ4v) is 1.96. The third kappa shape index (κ3) is 1.56. The number of aromatic carboxylic acids is 1. The van der Waals surface area contributed by atoms with Crippen molar-refractivity contribution in [2.75, 3.05) is 6.61 Å². The molecule has 0 spiro atoms. The molecule has 5 heteroatoms. The maximum atomic E-state index is 10.7. The molecule has 0 aliphatic carbocycles. The van der Waals surface area contributed by atoms with Gasteiger partial charge in [0.25, 0.3) is 0 Å². The van der Waals surface area contributed by atoms with Gasteiger partial charge in [-0.2, -0.15) is 0 Å². The molecular formula is C12H9NO4. The number of hydrogen-bond acceptors (Lipinski definition) is 4. The highest BCUT2D eigenvalue weighted by atomic mass is 16.5. The molecule has 0 saturated carbocycles. The molecule has 3 rings (SSSR count). The van der Waals surface area contributed by atoms with E-state index >= 15 is 0 Å². The highest BCUT2D eigenvalue weighted by Gasteiger charge is 2.20. The Bertz CT molecular complexity index is 588. The summed E-state index contributed by atoms with van der Waals surface area (Å²) in [6.45, 7) is 0.645. The van der Waals surface area contributed by atoms with Crippen LogP contribution in [0, 0.1) is 0 Å². The van der Waals surface area contributed by atoms with E-state index in [-0.39, 0.29) is 5.69 Å². The van der Waals surface area contributed by atoms with Gasteiger partial charge in [0, 0.05) is 23.6 Å². The molecule has 0 bridgehead atoms. The standard InChI is InChI=1S/C12H9NO4/c14-12(15)9-6-11(17-13-9)7-2-1-3-10-8(7)4-5-16-10/h1-3,6H,4-5H2,(H,14,15). The zero-order chi connectivity index (χ0) is 11.8. The molecule has 2 heterocycles. The van der Waals surface area contributed by atoms with E-state index in [0.29, 0.717) is 12.4 Å². The van der Waals surface area contributed by atoms with Gasteiger partial charge in [0.1, 0.15) is 5.75 Å². The van der Waals surface area contributed by atoms with Gasteiger partial charge >= 0.3 is 5.97 Å². The molecule has 0 radical (unpaired) electrons. The molecule has 1 aliphatic heterocycles. The Balaban J connectivity index is 2.09. The number of fused-ring (bicyclic) bond motifs is 1. The smallest absolute Gasteiger partial charge is 0.358 e. The molecule has 17 heavy (non-hydrogen) atoms. The highest BCUT2D eigenvalue weighted by molar-refractivity contribution is 5.86. The Morgan fingerprint density at radius 1 is 1.41 bits per heavy atom. The summed E-state index contributed by atoms with van der Waals surface area (Å²) in [6, 6.07) is 7.04. The lowest BCUT2D eigenvalue weighted by molar-refractivity contribution is 0.0686. The van der Waals surface area contributed by atoms with Gasteiger partial charge in [0.05, 0.1) is 6.61 Å². The van der Waals surface area contributed by atoms with Crippen molar-refractivity contribution < 1.29 is 19.2 Å². The quantitative estimate of drug-likeness (QED) is 0.855. The predicted molar refractivity (Wildman–Crippen MR) is 58.1 cm³/mol. The van der Waals surface area contributed by atoms with Crippen LogP contribution < -0.4 is 4.74 Å². The molecule has 1 aliphatic rings. The summed E-state index contributed by atoms with van der Waals surface area (Å²) < 4.78 is 10.5. The van der Waals surface area contributed by atoms with Crippen LogP contribution in [0.2, 0.25) is 0 Å². The van der Waals surface area contributed by atoms with E-state index in [0.717, 1.165) is 23.3 Å². The molecule has 5 nitrogen and oxygen atoms in total. The third-order valence-corrected chi connectivity index (χ3v) is 2.74. The molecule has 0 saturated heterocycles. The Labute approximate surface area is 96.6 Å². The molecule has 1 N–H and O–H groups in total. The van der Waals surface area contributed by atoms with Crippen molar-refractivity contribution >= 4 is 5.97 Å². The van der Waals surface area contributed by atoms with Gasteiger partial charge in [-0.1, -0.05) is 17.3 Å². The van der Waals surface area contributed by atoms with Crippen LogP contribution in [0.4, 0.5) is 0 Å². The van der Waals surface area contributed by atoms with Crippen LogP contribution in [0.1, 0.15) is 16.1 Å². The summed E-state index contributed by atoms with van der Waals surface area (Å²) in [6.07, 6.45) is 0.800. The Morgan fingerprint density at radius 3 is 3.06 bits per heavy atom. The van der Waals surface area contributed by atoms with Crippen LogP contribution >= 0.6 is 0 Å². The highest BCUT2D eigenvalue weighted by Crippen LogP contribution is 2.34. The van der Waals surface area contributed by atoms with Crippen LogP contribution in [0.25, 0.3) is 11.3 Å². The molecule has 86 valence electrons. The van der Waals surface area contributed by atoms with Gasteiger partial charge in [-0.05, 0) is 6.07 Å². The van der Waals surface area contributed by atoms with Crippen molar-refractivity contribution in [3.63, 3.8) is 0 Å². The van der Waals surface area contributed by atoms with Crippen molar-refractivity contribution in [3.05, 3.63) is 35.5 Å². The molecule has 0 amide bonds. The summed E-state index contributed by atoms with van der Waals surface area (Å²) in [5.41, 5.74) is 1.80. The Kier molecular flexibility index (Phi) is 2.11. The van der Waals surface area contributed by atoms with Crippen molar-refractivity contribution in [1.29, 1.82) is 0 Å². The first-order valence-corrected chi connectivity index (χ1v) is 5.21. The Hall–Kier alpha value is -2.30. The maximum Gasteiger partial charge on any atom is 0.358 e. The molecule has 2 aromatic rings. The van der Waals surface area contributed by atoms with Gasteiger partial charge in [0.15, 0.2) is 11.5 Å². The fraction of sp³-hybridized carbons (Fsp3) is 0.167. The van der Waals surface area contributed by atoms with E-state index in [4.69, 9.17) is 14.4 Å². The van der Waals surface area contributed by atoms with Gasteiger partial charge < -0.3 is 14.4 Å². The average Bonchev–Trinajstić information content (AvgIpc) is 2.97. The molecule has 0 unspecified atom stereocenters. The number of hydrogen-bond donors (Lipinski definition) is 1. The largest absolute Gasteiger partial charge is 0.493 e. The first kappa shape index (κ1) is 9.89. The fourth-order valence-electron chi connectivity index (χ4n) is 1.96. The number of carboxylic acid groups (broad SMARTS) is 1. The zero-order valence-electron chi connectivity index (χ0n) is 8.84. The summed E-state index contributed by atoms with van der Waals surface area (Å²) in [5.74, 6) is 0.198. The molecule has 0 atom stereocenters. The second-order valence-electron chi connectivity index (χ2n) is 3.76. The summed E-state index contributed by atoms with van der Waals surface area (Å²) in [5, 5.41) is 12.3. The van der Waals surface area contributed by atoms with E-state index in [1.165, 1.54) is 6.07 Å². The van der Waals surface area contributed by atoms with Crippen molar-refractivity contribution in [1.82, 2.24) is 5.16 Å². The predicted octanol–water partition coefficient (Wildman–Crippen LogP) is 1.97. The van der Waals surface area contributed by atoms with E-state index in [1.807, 2.05) is 18.2 Å². The lowest BCUT2D eigenvalue weighted by atomic mass is 10.0. The number of carbonyl (C=O) groups is 1.